The van der Waals surface area contributed by atoms with Crippen molar-refractivity contribution in [2.45, 2.75) is 37.2 Å². The van der Waals surface area contributed by atoms with E-state index in [1.54, 1.807) is 13.8 Å². The molecule has 0 radical (unpaired) electrons. The first-order valence-corrected chi connectivity index (χ1v) is 4.66. The van der Waals surface area contributed by atoms with Crippen LogP contribution in [-0.2, 0) is 9.47 Å². The lowest BCUT2D eigenvalue weighted by Gasteiger charge is -2.21. The molecule has 0 aromatic heterocycles. The minimum absolute atomic E-state index is 0.365. The molecule has 3 atom stereocenters. The lowest BCUT2D eigenvalue weighted by molar-refractivity contribution is -0.150. The van der Waals surface area contributed by atoms with E-state index < -0.39 is 17.3 Å². The van der Waals surface area contributed by atoms with Crippen molar-refractivity contribution in [1.82, 2.24) is 0 Å². The number of hydrogen-bond donors (Lipinski definition) is 1. The molecule has 4 heteroatoms. The van der Waals surface area contributed by atoms with Gasteiger partial charge in [-0.15, -0.1) is 18.2 Å². The highest BCUT2D eigenvalue weighted by Crippen LogP contribution is 2.26. The first-order chi connectivity index (χ1) is 5.96. The van der Waals surface area contributed by atoms with Crippen molar-refractivity contribution >= 4 is 11.6 Å². The molecule has 0 amide bonds. The van der Waals surface area contributed by atoms with Gasteiger partial charge in [0.1, 0.15) is 12.2 Å². The Bertz CT molecular complexity index is 193. The molecule has 0 saturated carbocycles. The summed E-state index contributed by atoms with van der Waals surface area (Å²) in [5, 5.41) is 9.14. The fourth-order valence-electron chi connectivity index (χ4n) is 1.23. The molecule has 76 valence electrons. The number of aliphatic hydroxyl groups is 1. The highest BCUT2D eigenvalue weighted by Gasteiger charge is 2.38. The van der Waals surface area contributed by atoms with Gasteiger partial charge in [-0.25, -0.2) is 0 Å². The molecule has 0 aromatic rings. The van der Waals surface area contributed by atoms with E-state index in [2.05, 4.69) is 6.58 Å². The SMILES string of the molecule is C=C[C@@H](Cl)[C@H](O)[C@H]1COC(C)(C)O1. The summed E-state index contributed by atoms with van der Waals surface area (Å²) in [7, 11) is 0. The van der Waals surface area contributed by atoms with Gasteiger partial charge in [-0.2, -0.15) is 0 Å². The maximum absolute atomic E-state index is 9.64. The van der Waals surface area contributed by atoms with E-state index in [4.69, 9.17) is 21.1 Å². The van der Waals surface area contributed by atoms with E-state index in [1.807, 2.05) is 0 Å². The molecule has 1 N–H and O–H groups in total. The van der Waals surface area contributed by atoms with E-state index in [1.165, 1.54) is 6.08 Å². The van der Waals surface area contributed by atoms with Gasteiger partial charge in [0.15, 0.2) is 5.79 Å². The Morgan fingerprint density at radius 3 is 2.69 bits per heavy atom. The van der Waals surface area contributed by atoms with Crippen molar-refractivity contribution in [1.29, 1.82) is 0 Å². The maximum atomic E-state index is 9.64. The van der Waals surface area contributed by atoms with Crippen LogP contribution in [0.15, 0.2) is 12.7 Å². The van der Waals surface area contributed by atoms with Crippen molar-refractivity contribution in [3.63, 3.8) is 0 Å². The van der Waals surface area contributed by atoms with Gasteiger partial charge >= 0.3 is 0 Å². The normalized spacial score (nSPS) is 31.2. The molecule has 1 fully saturated rings. The van der Waals surface area contributed by atoms with Gasteiger partial charge in [0.05, 0.1) is 12.0 Å². The van der Waals surface area contributed by atoms with E-state index in [0.29, 0.717) is 6.61 Å². The number of alkyl halides is 1. The van der Waals surface area contributed by atoms with Gasteiger partial charge in [0.2, 0.25) is 0 Å². The average Bonchev–Trinajstić information content (AvgIpc) is 2.43. The van der Waals surface area contributed by atoms with Gasteiger partial charge < -0.3 is 14.6 Å². The van der Waals surface area contributed by atoms with Gasteiger partial charge in [0, 0.05) is 0 Å². The van der Waals surface area contributed by atoms with Crippen molar-refractivity contribution in [2.24, 2.45) is 0 Å². The molecule has 13 heavy (non-hydrogen) atoms. The molecule has 1 aliphatic heterocycles. The second-order valence-electron chi connectivity index (χ2n) is 3.54. The largest absolute Gasteiger partial charge is 0.388 e. The van der Waals surface area contributed by atoms with Gasteiger partial charge in [-0.1, -0.05) is 6.08 Å². The van der Waals surface area contributed by atoms with Crippen molar-refractivity contribution < 1.29 is 14.6 Å². The summed E-state index contributed by atoms with van der Waals surface area (Å²) in [4.78, 5) is 0. The lowest BCUT2D eigenvalue weighted by atomic mass is 10.1. The Labute approximate surface area is 83.3 Å². The van der Waals surface area contributed by atoms with Crippen molar-refractivity contribution in [2.75, 3.05) is 6.61 Å². The number of ether oxygens (including phenoxy) is 2. The fraction of sp³-hybridized carbons (Fsp3) is 0.778. The number of halogens is 1. The summed E-state index contributed by atoms with van der Waals surface area (Å²) in [5.74, 6) is -0.622. The van der Waals surface area contributed by atoms with Crippen LogP contribution in [-0.4, -0.2) is 35.1 Å². The Hall–Kier alpha value is -0.0900. The zero-order valence-electron chi connectivity index (χ0n) is 7.87. The zero-order valence-corrected chi connectivity index (χ0v) is 8.62. The van der Waals surface area contributed by atoms with Crippen LogP contribution >= 0.6 is 11.6 Å². The summed E-state index contributed by atoms with van der Waals surface area (Å²) in [6.45, 7) is 7.47. The molecule has 0 spiro atoms. The van der Waals surface area contributed by atoms with E-state index in [-0.39, 0.29) is 6.10 Å². The van der Waals surface area contributed by atoms with Crippen LogP contribution in [0.2, 0.25) is 0 Å². The van der Waals surface area contributed by atoms with Gasteiger partial charge in [-0.05, 0) is 13.8 Å². The van der Waals surface area contributed by atoms with Crippen LogP contribution in [0.3, 0.4) is 0 Å². The minimum atomic E-state index is -0.763. The van der Waals surface area contributed by atoms with Gasteiger partial charge in [0.25, 0.3) is 0 Å². The maximum Gasteiger partial charge on any atom is 0.163 e. The molecule has 0 aliphatic carbocycles. The molecular weight excluding hydrogens is 192 g/mol. The van der Waals surface area contributed by atoms with Gasteiger partial charge in [-0.3, -0.25) is 0 Å². The fourth-order valence-corrected chi connectivity index (χ4v) is 1.39. The Kier molecular flexibility index (Phi) is 3.35. The summed E-state index contributed by atoms with van der Waals surface area (Å²) >= 11 is 5.79. The predicted molar refractivity (Wildman–Crippen MR) is 50.7 cm³/mol. The smallest absolute Gasteiger partial charge is 0.163 e. The lowest BCUT2D eigenvalue weighted by Crippen LogP contribution is -2.36. The molecule has 0 aromatic carbocycles. The topological polar surface area (TPSA) is 38.7 Å². The number of rotatable bonds is 3. The molecule has 1 saturated heterocycles. The zero-order chi connectivity index (χ0) is 10.1. The van der Waals surface area contributed by atoms with E-state index in [9.17, 15) is 5.11 Å². The molecular formula is C9H15ClO3. The molecule has 1 aliphatic rings. The first-order valence-electron chi connectivity index (χ1n) is 4.23. The summed E-state index contributed by atoms with van der Waals surface area (Å²) in [6, 6.07) is 0. The summed E-state index contributed by atoms with van der Waals surface area (Å²) in [5.41, 5.74) is 0. The molecule has 0 bridgehead atoms. The van der Waals surface area contributed by atoms with Crippen molar-refractivity contribution in [3.8, 4) is 0 Å². The van der Waals surface area contributed by atoms with Crippen LogP contribution in [0.5, 0.6) is 0 Å². The second-order valence-corrected chi connectivity index (χ2v) is 4.04. The molecule has 3 nitrogen and oxygen atoms in total. The second kappa shape index (κ2) is 3.96. The summed E-state index contributed by atoms with van der Waals surface area (Å²) < 4.78 is 10.7. The van der Waals surface area contributed by atoms with Crippen molar-refractivity contribution in [3.05, 3.63) is 12.7 Å². The minimum Gasteiger partial charge on any atom is -0.388 e. The predicted octanol–water partition coefficient (Wildman–Crippen LogP) is 1.29. The highest BCUT2D eigenvalue weighted by molar-refractivity contribution is 6.22. The third-order valence-electron chi connectivity index (χ3n) is 1.96. The van der Waals surface area contributed by atoms with Crippen LogP contribution < -0.4 is 0 Å². The molecule has 1 rings (SSSR count). The third kappa shape index (κ3) is 2.68. The van der Waals surface area contributed by atoms with Crippen LogP contribution in [0, 0.1) is 0 Å². The first kappa shape index (κ1) is 11.0. The molecule has 0 unspecified atom stereocenters. The van der Waals surface area contributed by atoms with Crippen LogP contribution in [0.1, 0.15) is 13.8 Å². The van der Waals surface area contributed by atoms with Crippen LogP contribution in [0.4, 0.5) is 0 Å². The van der Waals surface area contributed by atoms with E-state index in [0.717, 1.165) is 0 Å². The standard InChI is InChI=1S/C9H15ClO3/c1-4-6(10)8(11)7-5-12-9(2,3)13-7/h4,6-8,11H,1,5H2,2-3H3/t6-,7-,8+/m1/s1. The highest BCUT2D eigenvalue weighted by atomic mass is 35.5. The quantitative estimate of drug-likeness (QED) is 0.559. The molecule has 1 heterocycles. The summed E-state index contributed by atoms with van der Waals surface area (Å²) in [6.07, 6.45) is 0.359. The monoisotopic (exact) mass is 206 g/mol. The third-order valence-corrected chi connectivity index (χ3v) is 2.40. The average molecular weight is 207 g/mol. The Balaban J connectivity index is 2.51. The van der Waals surface area contributed by atoms with Crippen LogP contribution in [0.25, 0.3) is 0 Å². The Morgan fingerprint density at radius 2 is 2.31 bits per heavy atom. The number of hydrogen-bond acceptors (Lipinski definition) is 3. The van der Waals surface area contributed by atoms with E-state index >= 15 is 0 Å². The Morgan fingerprint density at radius 1 is 1.69 bits per heavy atom. The number of aliphatic hydroxyl groups excluding tert-OH is 1.